The number of rotatable bonds is 29. The van der Waals surface area contributed by atoms with Crippen molar-refractivity contribution in [1.82, 2.24) is 28.4 Å². The van der Waals surface area contributed by atoms with E-state index in [1.165, 1.54) is 37.3 Å². The predicted molar refractivity (Wildman–Crippen MR) is 271 cm³/mol. The summed E-state index contributed by atoms with van der Waals surface area (Å²) >= 11 is 0. The molecular formula is C43H73FN8O17P4. The Kier molecular flexibility index (Phi) is 27.1. The number of hydrogen-bond donors (Lipinski definition) is 2. The number of nitrogens with one attached hydrogen (secondary N) is 2. The lowest BCUT2D eigenvalue weighted by Crippen LogP contribution is -2.41. The van der Waals surface area contributed by atoms with Crippen molar-refractivity contribution >= 4 is 31.8 Å². The SMILES string of the molecule is [C-]#[N+]CCOP(OC1[C@@H](OCP(C)(=O)OCC)O[C@@H](n2ccc(=O)[nH]c2=O)[C@H]1F)N(C(C)C)C(C)C.[C-]#[N+]CCOP(OC1[C@@H](OCP(C)(=O)OCC)O[C@@H](n2ccc(=O)[nH]c2=O)[C@H]1OC)N(C(C)C)C(C)C. The molecule has 25 nitrogen and oxygen atoms in total. The summed E-state index contributed by atoms with van der Waals surface area (Å²) in [4.78, 5) is 58.9. The molecule has 2 aromatic heterocycles. The quantitative estimate of drug-likeness (QED) is 0.0514. The summed E-state index contributed by atoms with van der Waals surface area (Å²) in [6.45, 7) is 37.0. The van der Waals surface area contributed by atoms with Crippen LogP contribution >= 0.6 is 31.8 Å². The maximum Gasteiger partial charge on any atom is 0.330 e. The highest BCUT2D eigenvalue weighted by Gasteiger charge is 2.52. The van der Waals surface area contributed by atoms with Crippen LogP contribution in [0.4, 0.5) is 4.39 Å². The van der Waals surface area contributed by atoms with E-state index in [0.29, 0.717) is 0 Å². The summed E-state index contributed by atoms with van der Waals surface area (Å²) in [6, 6.07) is 2.24. The summed E-state index contributed by atoms with van der Waals surface area (Å²) < 4.78 is 111. The molecule has 30 heteroatoms. The van der Waals surface area contributed by atoms with Crippen LogP contribution in [-0.4, -0.2) is 162 Å². The van der Waals surface area contributed by atoms with E-state index >= 15 is 4.39 Å². The van der Waals surface area contributed by atoms with Crippen LogP contribution in [0.15, 0.2) is 43.7 Å². The molecule has 4 rings (SSSR count). The second kappa shape index (κ2) is 30.7. The maximum atomic E-state index is 15.9. The van der Waals surface area contributed by atoms with Crippen LogP contribution in [0.3, 0.4) is 0 Å². The molecule has 2 fully saturated rings. The molecule has 0 amide bonds. The Labute approximate surface area is 428 Å². The Hall–Kier alpha value is -2.93. The molecule has 0 aliphatic carbocycles. The highest BCUT2D eigenvalue weighted by molar-refractivity contribution is 7.58. The molecule has 0 saturated carbocycles. The van der Waals surface area contributed by atoms with E-state index in [2.05, 4.69) is 19.7 Å². The van der Waals surface area contributed by atoms with Gasteiger partial charge in [-0.1, -0.05) is 0 Å². The fraction of sp³-hybridized carbons (Fsp3) is 0.767. The van der Waals surface area contributed by atoms with Gasteiger partial charge in [0, 0.05) is 69.1 Å². The van der Waals surface area contributed by atoms with Crippen LogP contribution in [-0.2, 0) is 60.0 Å². The van der Waals surface area contributed by atoms with Gasteiger partial charge >= 0.3 is 11.4 Å². The summed E-state index contributed by atoms with van der Waals surface area (Å²) in [5.41, 5.74) is -2.77. The lowest BCUT2D eigenvalue weighted by Gasteiger charge is -2.37. The maximum absolute atomic E-state index is 15.9. The lowest BCUT2D eigenvalue weighted by atomic mass is 10.2. The largest absolute Gasteiger partial charge is 0.374 e. The summed E-state index contributed by atoms with van der Waals surface area (Å²) in [6.07, 6.45) is -8.30. The van der Waals surface area contributed by atoms with Gasteiger partial charge in [-0.25, -0.2) is 36.5 Å². The van der Waals surface area contributed by atoms with Crippen molar-refractivity contribution in [2.24, 2.45) is 0 Å². The molecule has 0 bridgehead atoms. The van der Waals surface area contributed by atoms with Gasteiger partial charge in [0.25, 0.3) is 28.2 Å². The smallest absolute Gasteiger partial charge is 0.330 e. The van der Waals surface area contributed by atoms with E-state index in [-0.39, 0.29) is 76.4 Å². The monoisotopic (exact) mass is 1120 g/mol. The Bertz CT molecular complexity index is 2420. The van der Waals surface area contributed by atoms with Gasteiger partial charge in [0.2, 0.25) is 27.8 Å². The van der Waals surface area contributed by atoms with Gasteiger partial charge in [0.15, 0.2) is 37.3 Å². The second-order valence-corrected chi connectivity index (χ2v) is 25.5. The van der Waals surface area contributed by atoms with Gasteiger partial charge in [-0.15, -0.1) is 0 Å². The van der Waals surface area contributed by atoms with Crippen LogP contribution in [0, 0.1) is 13.1 Å². The molecule has 2 aromatic rings. The van der Waals surface area contributed by atoms with Crippen molar-refractivity contribution < 1.29 is 64.3 Å². The van der Waals surface area contributed by atoms with Crippen LogP contribution in [0.2, 0.25) is 0 Å². The van der Waals surface area contributed by atoms with Gasteiger partial charge in [0.1, 0.15) is 38.1 Å². The zero-order valence-corrected chi connectivity index (χ0v) is 47.3. The third-order valence-electron chi connectivity index (χ3n) is 10.3. The number of nitrogens with zero attached hydrogens (tertiary/aromatic N) is 6. The minimum atomic E-state index is -3.17. The minimum Gasteiger partial charge on any atom is -0.374 e. The lowest BCUT2D eigenvalue weighted by molar-refractivity contribution is -0.165. The topological polar surface area (TPSA) is 261 Å². The molecule has 73 heavy (non-hydrogen) atoms. The fourth-order valence-electron chi connectivity index (χ4n) is 7.47. The number of halogens is 1. The van der Waals surface area contributed by atoms with Gasteiger partial charge in [-0.3, -0.25) is 37.8 Å². The van der Waals surface area contributed by atoms with Gasteiger partial charge < -0.3 is 60.5 Å². The molecule has 0 spiro atoms. The molecule has 0 radical (unpaired) electrons. The van der Waals surface area contributed by atoms with E-state index in [1.807, 2.05) is 64.7 Å². The molecule has 2 N–H and O–H groups in total. The average Bonchev–Trinajstić information content (AvgIpc) is 3.79. The highest BCUT2D eigenvalue weighted by Crippen LogP contribution is 2.53. The number of aromatic amines is 2. The molecule has 2 aliphatic heterocycles. The summed E-state index contributed by atoms with van der Waals surface area (Å²) in [7, 11) is -8.44. The molecule has 2 aliphatic rings. The highest BCUT2D eigenvalue weighted by atomic mass is 31.2. The van der Waals surface area contributed by atoms with Gasteiger partial charge in [-0.05, 0) is 69.2 Å². The van der Waals surface area contributed by atoms with Crippen LogP contribution < -0.4 is 22.5 Å². The minimum absolute atomic E-state index is 0.0353. The van der Waals surface area contributed by atoms with Crippen molar-refractivity contribution in [2.75, 3.05) is 72.7 Å². The van der Waals surface area contributed by atoms with E-state index in [1.54, 1.807) is 13.8 Å². The van der Waals surface area contributed by atoms with E-state index in [0.717, 1.165) is 16.8 Å². The first-order valence-corrected chi connectivity index (χ1v) is 30.3. The molecule has 12 atom stereocenters. The number of ether oxygens (including phenoxy) is 5. The third kappa shape index (κ3) is 19.2. The Morgan fingerprint density at radius 3 is 1.44 bits per heavy atom. The fourth-order valence-corrected chi connectivity index (χ4v) is 13.0. The predicted octanol–water partition coefficient (Wildman–Crippen LogP) is 6.31. The van der Waals surface area contributed by atoms with Crippen molar-refractivity contribution in [3.63, 3.8) is 0 Å². The normalized spacial score (nSPS) is 24.6. The van der Waals surface area contributed by atoms with E-state index in [4.69, 9.17) is 64.0 Å². The van der Waals surface area contributed by atoms with Crippen LogP contribution in [0.25, 0.3) is 9.69 Å². The van der Waals surface area contributed by atoms with Crippen LogP contribution in [0.1, 0.15) is 81.7 Å². The number of hydrogen-bond acceptors (Lipinski definition) is 19. The van der Waals surface area contributed by atoms with Gasteiger partial charge in [-0.2, -0.15) is 0 Å². The number of aromatic nitrogens is 4. The molecule has 4 heterocycles. The van der Waals surface area contributed by atoms with Gasteiger partial charge in [0.05, 0.1) is 13.2 Å². The van der Waals surface area contributed by atoms with Crippen molar-refractivity contribution in [1.29, 1.82) is 0 Å². The van der Waals surface area contributed by atoms with E-state index < -0.39 is 104 Å². The second-order valence-electron chi connectivity index (χ2n) is 17.6. The summed E-state index contributed by atoms with van der Waals surface area (Å²) in [5.74, 6) is 0. The van der Waals surface area contributed by atoms with E-state index in [9.17, 15) is 28.3 Å². The molecule has 6 unspecified atom stereocenters. The third-order valence-corrected chi connectivity index (χ3v) is 17.4. The first-order chi connectivity index (χ1) is 34.4. The molecule has 2 saturated heterocycles. The molecular weight excluding hydrogens is 1040 g/mol. The number of alkyl halides is 1. The first kappa shape index (κ1) is 64.4. The Morgan fingerprint density at radius 1 is 0.685 bits per heavy atom. The van der Waals surface area contributed by atoms with Crippen molar-refractivity contribution in [3.8, 4) is 0 Å². The average molecular weight is 1120 g/mol. The standard InChI is InChI=1S/C22H38N4O9P2.C21H35FN4O8P2/c1-9-33-37(8,29)14-31-21-19(35-36(32-13-11-23-6)26(15(2)3)16(4)5)18(30-7)20(34-21)25-12-10-17(27)24-22(25)28;1-8-32-36(7,29)13-30-20-18(17(22)19(33-20)25-11-9-16(27)24-21(25)28)34-35(31-12-10-23-6)26(14(2)3)15(4)5/h10,12,15-16,18-21H,9,11,13-14H2,1-5,7-8H3,(H,24,27,28);9,11,14-15,17-20H,8,10,12-13H2,1-5,7H3,(H,24,27,28)/t18-,19?,20+,21-,36?,37?;17-,18?,19+,20-,35?,36?/m00/s1. The van der Waals surface area contributed by atoms with Crippen molar-refractivity contribution in [2.45, 2.75) is 143 Å². The first-order valence-electron chi connectivity index (χ1n) is 23.6. The Balaban J connectivity index is 0.000000385. The summed E-state index contributed by atoms with van der Waals surface area (Å²) in [5, 5.41) is 0. The number of H-pyrrole nitrogens is 2. The number of methoxy groups -OCH3 is 1. The zero-order valence-electron chi connectivity index (χ0n) is 43.7. The molecule has 0 aromatic carbocycles. The molecule has 414 valence electrons. The van der Waals surface area contributed by atoms with Crippen molar-refractivity contribution in [3.05, 3.63) is 89.0 Å². The zero-order chi connectivity index (χ0) is 54.8. The Morgan fingerprint density at radius 2 is 1.07 bits per heavy atom. The van der Waals surface area contributed by atoms with Crippen LogP contribution in [0.5, 0.6) is 0 Å².